The van der Waals surface area contributed by atoms with E-state index in [1.54, 1.807) is 6.33 Å². The maximum atomic E-state index is 4.34. The third-order valence-corrected chi connectivity index (χ3v) is 4.18. The highest BCUT2D eigenvalue weighted by molar-refractivity contribution is 5.36. The molecule has 0 saturated heterocycles. The van der Waals surface area contributed by atoms with Crippen molar-refractivity contribution in [2.75, 3.05) is 5.32 Å². The number of hydrogen-bond donors (Lipinski definition) is 1. The molecule has 0 aliphatic heterocycles. The maximum Gasteiger partial charge on any atom is 0.129 e. The summed E-state index contributed by atoms with van der Waals surface area (Å²) in [6, 6.07) is 2.69. The molecule has 3 atom stereocenters. The van der Waals surface area contributed by atoms with Crippen LogP contribution in [-0.2, 0) is 6.42 Å². The van der Waals surface area contributed by atoms with Crippen molar-refractivity contribution >= 4 is 5.82 Å². The van der Waals surface area contributed by atoms with Crippen LogP contribution in [0.15, 0.2) is 12.4 Å². The van der Waals surface area contributed by atoms with Gasteiger partial charge in [0.25, 0.3) is 0 Å². The number of nitrogens with zero attached hydrogens (tertiary/aromatic N) is 2. The van der Waals surface area contributed by atoms with Crippen molar-refractivity contribution in [2.45, 2.75) is 58.9 Å². The van der Waals surface area contributed by atoms with Crippen LogP contribution >= 0.6 is 0 Å². The maximum absolute atomic E-state index is 4.34. The summed E-state index contributed by atoms with van der Waals surface area (Å²) in [6.07, 6.45) is 7.70. The molecule has 3 nitrogen and oxygen atoms in total. The van der Waals surface area contributed by atoms with Gasteiger partial charge < -0.3 is 5.32 Å². The Hall–Kier alpha value is -1.12. The van der Waals surface area contributed by atoms with Crippen molar-refractivity contribution in [3.8, 4) is 0 Å². The van der Waals surface area contributed by atoms with E-state index < -0.39 is 0 Å². The molecule has 100 valence electrons. The summed E-state index contributed by atoms with van der Waals surface area (Å²) < 4.78 is 0. The molecule has 0 aromatic carbocycles. The molecule has 18 heavy (non-hydrogen) atoms. The van der Waals surface area contributed by atoms with Gasteiger partial charge in [-0.3, -0.25) is 0 Å². The minimum Gasteiger partial charge on any atom is -0.367 e. The predicted octanol–water partition coefficient (Wildman–Crippen LogP) is 3.67. The first-order valence-corrected chi connectivity index (χ1v) is 7.26. The summed E-state index contributed by atoms with van der Waals surface area (Å²) in [6.45, 7) is 6.91. The Kier molecular flexibility index (Phi) is 4.56. The molecule has 1 saturated carbocycles. The lowest BCUT2D eigenvalue weighted by molar-refractivity contribution is 0.260. The first kappa shape index (κ1) is 13.3. The average Bonchev–Trinajstić information content (AvgIpc) is 2.35. The van der Waals surface area contributed by atoms with E-state index in [0.29, 0.717) is 6.04 Å². The Morgan fingerprint density at radius 3 is 2.78 bits per heavy atom. The van der Waals surface area contributed by atoms with E-state index in [9.17, 15) is 0 Å². The lowest BCUT2D eigenvalue weighted by Crippen LogP contribution is -2.30. The zero-order valence-electron chi connectivity index (χ0n) is 11.8. The second kappa shape index (κ2) is 6.17. The number of rotatable bonds is 4. The van der Waals surface area contributed by atoms with Crippen molar-refractivity contribution in [1.82, 2.24) is 9.97 Å². The van der Waals surface area contributed by atoms with Crippen LogP contribution in [0.5, 0.6) is 0 Å². The van der Waals surface area contributed by atoms with Crippen molar-refractivity contribution in [3.63, 3.8) is 0 Å². The number of aryl methyl sites for hydroxylation is 1. The second-order valence-corrected chi connectivity index (χ2v) is 5.75. The van der Waals surface area contributed by atoms with Gasteiger partial charge in [-0.25, -0.2) is 9.97 Å². The summed E-state index contributed by atoms with van der Waals surface area (Å²) in [5.41, 5.74) is 1.15. The van der Waals surface area contributed by atoms with Crippen LogP contribution in [0.2, 0.25) is 0 Å². The Morgan fingerprint density at radius 1 is 1.22 bits per heavy atom. The van der Waals surface area contributed by atoms with Gasteiger partial charge in [0.1, 0.15) is 12.1 Å². The summed E-state index contributed by atoms with van der Waals surface area (Å²) in [4.78, 5) is 8.64. The monoisotopic (exact) mass is 247 g/mol. The first-order valence-electron chi connectivity index (χ1n) is 7.26. The topological polar surface area (TPSA) is 37.8 Å². The molecular formula is C15H25N3. The molecule has 1 N–H and O–H groups in total. The lowest BCUT2D eigenvalue weighted by Gasteiger charge is -2.32. The standard InChI is InChI=1S/C15H25N3/c1-4-5-13-9-15(17-10-16-13)18-14-7-6-11(2)12(3)8-14/h9-12,14H,4-8H2,1-3H3,(H,16,17,18). The van der Waals surface area contributed by atoms with Crippen molar-refractivity contribution in [1.29, 1.82) is 0 Å². The SMILES string of the molecule is CCCc1cc(NC2CCC(C)C(C)C2)ncn1. The van der Waals surface area contributed by atoms with Crippen LogP contribution in [0.1, 0.15) is 52.1 Å². The fraction of sp³-hybridized carbons (Fsp3) is 0.733. The fourth-order valence-electron chi connectivity index (χ4n) is 2.76. The van der Waals surface area contributed by atoms with Gasteiger partial charge >= 0.3 is 0 Å². The van der Waals surface area contributed by atoms with E-state index in [1.807, 2.05) is 0 Å². The molecule has 0 radical (unpaired) electrons. The van der Waals surface area contributed by atoms with Crippen molar-refractivity contribution in [2.24, 2.45) is 11.8 Å². The lowest BCUT2D eigenvalue weighted by atomic mass is 9.79. The summed E-state index contributed by atoms with van der Waals surface area (Å²) >= 11 is 0. The minimum absolute atomic E-state index is 0.584. The van der Waals surface area contributed by atoms with Gasteiger partial charge in [0, 0.05) is 17.8 Å². The number of hydrogen-bond acceptors (Lipinski definition) is 3. The predicted molar refractivity (Wildman–Crippen MR) is 75.6 cm³/mol. The van der Waals surface area contributed by atoms with Gasteiger partial charge in [0.05, 0.1) is 0 Å². The molecule has 3 unspecified atom stereocenters. The molecule has 1 fully saturated rings. The summed E-state index contributed by atoms with van der Waals surface area (Å²) in [5.74, 6) is 2.68. The van der Waals surface area contributed by atoms with Gasteiger partial charge in [-0.2, -0.15) is 0 Å². The van der Waals surface area contributed by atoms with E-state index >= 15 is 0 Å². The highest BCUT2D eigenvalue weighted by Crippen LogP contribution is 2.30. The molecule has 3 heteroatoms. The van der Waals surface area contributed by atoms with Crippen LogP contribution < -0.4 is 5.32 Å². The Morgan fingerprint density at radius 2 is 2.06 bits per heavy atom. The molecule has 1 aliphatic rings. The van der Waals surface area contributed by atoms with E-state index in [0.717, 1.165) is 36.2 Å². The molecule has 1 aromatic heterocycles. The van der Waals surface area contributed by atoms with Gasteiger partial charge in [0.15, 0.2) is 0 Å². The van der Waals surface area contributed by atoms with Crippen LogP contribution in [0.3, 0.4) is 0 Å². The molecule has 0 amide bonds. The minimum atomic E-state index is 0.584. The Balaban J connectivity index is 1.94. The largest absolute Gasteiger partial charge is 0.367 e. The van der Waals surface area contributed by atoms with Crippen molar-refractivity contribution in [3.05, 3.63) is 18.1 Å². The smallest absolute Gasteiger partial charge is 0.129 e. The third-order valence-electron chi connectivity index (χ3n) is 4.18. The molecule has 1 aromatic rings. The average molecular weight is 247 g/mol. The zero-order chi connectivity index (χ0) is 13.0. The van der Waals surface area contributed by atoms with Crippen LogP contribution in [0.4, 0.5) is 5.82 Å². The Labute approximate surface area is 110 Å². The van der Waals surface area contributed by atoms with Gasteiger partial charge in [0.2, 0.25) is 0 Å². The van der Waals surface area contributed by atoms with Crippen LogP contribution in [-0.4, -0.2) is 16.0 Å². The number of anilines is 1. The zero-order valence-corrected chi connectivity index (χ0v) is 11.8. The van der Waals surface area contributed by atoms with E-state index in [1.165, 1.54) is 19.3 Å². The highest BCUT2D eigenvalue weighted by atomic mass is 15.0. The van der Waals surface area contributed by atoms with Gasteiger partial charge in [-0.05, 0) is 37.5 Å². The second-order valence-electron chi connectivity index (χ2n) is 5.75. The third kappa shape index (κ3) is 3.44. The van der Waals surface area contributed by atoms with Crippen LogP contribution in [0.25, 0.3) is 0 Å². The highest BCUT2D eigenvalue weighted by Gasteiger charge is 2.24. The van der Waals surface area contributed by atoms with E-state index in [-0.39, 0.29) is 0 Å². The Bertz CT molecular complexity index is 378. The first-order chi connectivity index (χ1) is 8.69. The molecule has 2 rings (SSSR count). The molecule has 0 bridgehead atoms. The van der Waals surface area contributed by atoms with Crippen molar-refractivity contribution < 1.29 is 0 Å². The van der Waals surface area contributed by atoms with Gasteiger partial charge in [-0.1, -0.05) is 27.2 Å². The van der Waals surface area contributed by atoms with E-state index in [4.69, 9.17) is 0 Å². The molecule has 1 heterocycles. The number of nitrogens with one attached hydrogen (secondary N) is 1. The normalized spacial score (nSPS) is 28.1. The fourth-order valence-corrected chi connectivity index (χ4v) is 2.76. The van der Waals surface area contributed by atoms with Crippen LogP contribution in [0, 0.1) is 11.8 Å². The summed E-state index contributed by atoms with van der Waals surface area (Å²) in [7, 11) is 0. The molecular weight excluding hydrogens is 222 g/mol. The number of aromatic nitrogens is 2. The molecule has 0 spiro atoms. The van der Waals surface area contributed by atoms with Gasteiger partial charge in [-0.15, -0.1) is 0 Å². The summed E-state index contributed by atoms with van der Waals surface area (Å²) in [5, 5.41) is 3.58. The van der Waals surface area contributed by atoms with E-state index in [2.05, 4.69) is 42.1 Å². The molecule has 1 aliphatic carbocycles. The quantitative estimate of drug-likeness (QED) is 0.882.